The molecule has 0 spiro atoms. The van der Waals surface area contributed by atoms with Crippen LogP contribution in [0.1, 0.15) is 11.1 Å². The van der Waals surface area contributed by atoms with Crippen LogP contribution in [0.4, 0.5) is 4.39 Å². The summed E-state index contributed by atoms with van der Waals surface area (Å²) in [5.74, 6) is -0.298. The summed E-state index contributed by atoms with van der Waals surface area (Å²) in [4.78, 5) is 14.5. The van der Waals surface area contributed by atoms with E-state index in [2.05, 4.69) is 6.07 Å². The van der Waals surface area contributed by atoms with Crippen molar-refractivity contribution in [2.75, 3.05) is 26.3 Å². The van der Waals surface area contributed by atoms with Crippen molar-refractivity contribution in [2.45, 2.75) is 6.54 Å². The number of allylic oxidation sites excluding steroid dienone is 1. The van der Waals surface area contributed by atoms with E-state index in [1.54, 1.807) is 18.2 Å². The number of carbonyl (C=O) groups is 1. The lowest BCUT2D eigenvalue weighted by Gasteiger charge is -2.27. The Hall–Kier alpha value is -3.43. The van der Waals surface area contributed by atoms with Crippen molar-refractivity contribution >= 4 is 28.5 Å². The topological polar surface area (TPSA) is 58.3 Å². The zero-order chi connectivity index (χ0) is 20.2. The minimum Gasteiger partial charge on any atom is -0.378 e. The van der Waals surface area contributed by atoms with E-state index >= 15 is 0 Å². The molecule has 0 atom stereocenters. The van der Waals surface area contributed by atoms with Crippen LogP contribution in [0.25, 0.3) is 22.6 Å². The van der Waals surface area contributed by atoms with E-state index < -0.39 is 0 Å². The quantitative estimate of drug-likeness (QED) is 0.640. The molecule has 1 fully saturated rings. The average Bonchev–Trinajstić information content (AvgIpc) is 3.10. The first-order valence-electron chi connectivity index (χ1n) is 9.47. The molecule has 2 heterocycles. The number of hydrogen-bond acceptors (Lipinski definition) is 3. The SMILES string of the molecule is N#CC(=Cc1cn(CC(=O)N2CCOCC2)c2ccccc12)c1ccc(F)cc1. The summed E-state index contributed by atoms with van der Waals surface area (Å²) in [5.41, 5.74) is 2.86. The Bertz CT molecular complexity index is 1100. The van der Waals surface area contributed by atoms with E-state index in [0.29, 0.717) is 37.4 Å². The molecule has 1 saturated heterocycles. The largest absolute Gasteiger partial charge is 0.378 e. The van der Waals surface area contributed by atoms with Gasteiger partial charge in [0.2, 0.25) is 5.91 Å². The summed E-state index contributed by atoms with van der Waals surface area (Å²) in [5, 5.41) is 10.6. The van der Waals surface area contributed by atoms with Crippen LogP contribution in [0.2, 0.25) is 0 Å². The van der Waals surface area contributed by atoms with Crippen LogP contribution in [-0.2, 0) is 16.1 Å². The van der Waals surface area contributed by atoms with Gasteiger partial charge in [-0.2, -0.15) is 5.26 Å². The zero-order valence-electron chi connectivity index (χ0n) is 15.8. The first-order chi connectivity index (χ1) is 14.2. The molecule has 29 heavy (non-hydrogen) atoms. The highest BCUT2D eigenvalue weighted by Gasteiger charge is 2.18. The van der Waals surface area contributed by atoms with Crippen LogP contribution in [-0.4, -0.2) is 41.7 Å². The third-order valence-corrected chi connectivity index (χ3v) is 5.06. The number of amides is 1. The van der Waals surface area contributed by atoms with Crippen LogP contribution in [0.15, 0.2) is 54.7 Å². The molecule has 3 aromatic rings. The monoisotopic (exact) mass is 389 g/mol. The van der Waals surface area contributed by atoms with Gasteiger partial charge in [-0.05, 0) is 29.8 Å². The van der Waals surface area contributed by atoms with Gasteiger partial charge in [-0.3, -0.25) is 4.79 Å². The van der Waals surface area contributed by atoms with Gasteiger partial charge < -0.3 is 14.2 Å². The average molecular weight is 389 g/mol. The Labute approximate surface area is 168 Å². The predicted molar refractivity (Wildman–Crippen MR) is 109 cm³/mol. The molecule has 0 bridgehead atoms. The lowest BCUT2D eigenvalue weighted by molar-refractivity contribution is -0.135. The number of fused-ring (bicyclic) bond motifs is 1. The Morgan fingerprint density at radius 2 is 1.86 bits per heavy atom. The van der Waals surface area contributed by atoms with Crippen molar-refractivity contribution in [3.05, 3.63) is 71.7 Å². The molecule has 2 aromatic carbocycles. The van der Waals surface area contributed by atoms with Crippen molar-refractivity contribution < 1.29 is 13.9 Å². The first kappa shape index (κ1) is 18.9. The van der Waals surface area contributed by atoms with Crippen molar-refractivity contribution in [3.8, 4) is 6.07 Å². The molecule has 0 saturated carbocycles. The Balaban J connectivity index is 1.69. The highest BCUT2D eigenvalue weighted by atomic mass is 19.1. The lowest BCUT2D eigenvalue weighted by atomic mass is 10.0. The first-order valence-corrected chi connectivity index (χ1v) is 9.47. The van der Waals surface area contributed by atoms with Crippen molar-refractivity contribution in [1.82, 2.24) is 9.47 Å². The van der Waals surface area contributed by atoms with Gasteiger partial charge in [0.05, 0.1) is 24.9 Å². The van der Waals surface area contributed by atoms with Crippen molar-refractivity contribution in [1.29, 1.82) is 5.26 Å². The number of para-hydroxylation sites is 1. The number of halogens is 1. The molecule has 4 rings (SSSR count). The van der Waals surface area contributed by atoms with Gasteiger partial charge in [-0.15, -0.1) is 0 Å². The van der Waals surface area contributed by atoms with Gasteiger partial charge in [0.25, 0.3) is 0 Å². The van der Waals surface area contributed by atoms with Crippen LogP contribution < -0.4 is 0 Å². The molecule has 1 aliphatic heterocycles. The van der Waals surface area contributed by atoms with Gasteiger partial charge in [-0.1, -0.05) is 30.3 Å². The maximum atomic E-state index is 13.2. The molecule has 146 valence electrons. The molecule has 1 aliphatic rings. The van der Waals surface area contributed by atoms with E-state index in [1.807, 2.05) is 39.9 Å². The Morgan fingerprint density at radius 1 is 1.14 bits per heavy atom. The summed E-state index contributed by atoms with van der Waals surface area (Å²) in [6, 6.07) is 15.8. The van der Waals surface area contributed by atoms with E-state index in [1.165, 1.54) is 12.1 Å². The lowest BCUT2D eigenvalue weighted by Crippen LogP contribution is -2.42. The van der Waals surface area contributed by atoms with E-state index in [4.69, 9.17) is 4.74 Å². The molecule has 0 unspecified atom stereocenters. The molecule has 1 aromatic heterocycles. The smallest absolute Gasteiger partial charge is 0.242 e. The summed E-state index contributed by atoms with van der Waals surface area (Å²) < 4.78 is 20.5. The maximum absolute atomic E-state index is 13.2. The van der Waals surface area contributed by atoms with Crippen LogP contribution in [0.3, 0.4) is 0 Å². The van der Waals surface area contributed by atoms with Crippen LogP contribution >= 0.6 is 0 Å². The fourth-order valence-electron chi connectivity index (χ4n) is 3.54. The van der Waals surface area contributed by atoms with Gasteiger partial charge >= 0.3 is 0 Å². The molecule has 0 N–H and O–H groups in total. The van der Waals surface area contributed by atoms with Crippen LogP contribution in [0.5, 0.6) is 0 Å². The van der Waals surface area contributed by atoms with Gasteiger partial charge in [0.1, 0.15) is 12.4 Å². The third-order valence-electron chi connectivity index (χ3n) is 5.06. The molecule has 1 amide bonds. The molecular weight excluding hydrogens is 369 g/mol. The molecular formula is C23H20FN3O2. The zero-order valence-corrected chi connectivity index (χ0v) is 15.8. The normalized spacial score (nSPS) is 14.8. The number of aromatic nitrogens is 1. The van der Waals surface area contributed by atoms with E-state index in [9.17, 15) is 14.4 Å². The maximum Gasteiger partial charge on any atom is 0.242 e. The van der Waals surface area contributed by atoms with Crippen molar-refractivity contribution in [3.63, 3.8) is 0 Å². The van der Waals surface area contributed by atoms with Gasteiger partial charge in [0, 0.05) is 35.8 Å². The summed E-state index contributed by atoms with van der Waals surface area (Å²) in [6.45, 7) is 2.57. The fraction of sp³-hybridized carbons (Fsp3) is 0.217. The molecule has 6 heteroatoms. The number of rotatable bonds is 4. The highest BCUT2D eigenvalue weighted by molar-refractivity contribution is 5.98. The predicted octanol–water partition coefficient (Wildman–Crippen LogP) is 3.70. The minimum absolute atomic E-state index is 0.0450. The second-order valence-corrected chi connectivity index (χ2v) is 6.90. The summed E-state index contributed by atoms with van der Waals surface area (Å²) >= 11 is 0. The van der Waals surface area contributed by atoms with E-state index in [0.717, 1.165) is 16.5 Å². The number of carbonyl (C=O) groups excluding carboxylic acids is 1. The number of nitriles is 1. The number of morpholine rings is 1. The van der Waals surface area contributed by atoms with Crippen LogP contribution in [0, 0.1) is 17.1 Å². The Kier molecular flexibility index (Phi) is 5.41. The molecule has 0 aliphatic carbocycles. The summed E-state index contributed by atoms with van der Waals surface area (Å²) in [6.07, 6.45) is 3.68. The fourth-order valence-corrected chi connectivity index (χ4v) is 3.54. The Morgan fingerprint density at radius 3 is 2.59 bits per heavy atom. The second kappa shape index (κ2) is 8.29. The molecule has 0 radical (unpaired) electrons. The van der Waals surface area contributed by atoms with Gasteiger partial charge in [-0.25, -0.2) is 4.39 Å². The number of benzene rings is 2. The second-order valence-electron chi connectivity index (χ2n) is 6.90. The summed E-state index contributed by atoms with van der Waals surface area (Å²) in [7, 11) is 0. The molecule has 5 nitrogen and oxygen atoms in total. The van der Waals surface area contributed by atoms with Crippen molar-refractivity contribution in [2.24, 2.45) is 0 Å². The highest BCUT2D eigenvalue weighted by Crippen LogP contribution is 2.26. The number of hydrogen-bond donors (Lipinski definition) is 0. The van der Waals surface area contributed by atoms with E-state index in [-0.39, 0.29) is 18.3 Å². The standard InChI is InChI=1S/C23H20FN3O2/c24-20-7-5-17(6-8-20)18(14-25)13-19-15-27(22-4-2-1-3-21(19)22)16-23(28)26-9-11-29-12-10-26/h1-8,13,15H,9-12,16H2. The van der Waals surface area contributed by atoms with Gasteiger partial charge in [0.15, 0.2) is 0 Å². The number of ether oxygens (including phenoxy) is 1. The number of nitrogens with zero attached hydrogens (tertiary/aromatic N) is 3. The third kappa shape index (κ3) is 4.05. The minimum atomic E-state index is -0.343.